The Morgan fingerprint density at radius 3 is 2.50 bits per heavy atom. The monoisotopic (exact) mass is 228 g/mol. The third-order valence-corrected chi connectivity index (χ3v) is 3.21. The van der Waals surface area contributed by atoms with Gasteiger partial charge >= 0.3 is 0 Å². The molecule has 0 aromatic heterocycles. The molecular weight excluding hydrogens is 200 g/mol. The van der Waals surface area contributed by atoms with Crippen LogP contribution in [0.5, 0.6) is 0 Å². The summed E-state index contributed by atoms with van der Waals surface area (Å²) in [6.45, 7) is 8.74. The van der Waals surface area contributed by atoms with E-state index < -0.39 is 0 Å². The van der Waals surface area contributed by atoms with Crippen molar-refractivity contribution in [3.8, 4) is 0 Å². The van der Waals surface area contributed by atoms with Gasteiger partial charge in [-0.3, -0.25) is 0 Å². The van der Waals surface area contributed by atoms with Gasteiger partial charge in [0.2, 0.25) is 0 Å². The lowest BCUT2D eigenvalue weighted by molar-refractivity contribution is -0.256. The van der Waals surface area contributed by atoms with Gasteiger partial charge < -0.3 is 9.47 Å². The third-order valence-electron chi connectivity index (χ3n) is 3.21. The van der Waals surface area contributed by atoms with Crippen molar-refractivity contribution in [2.75, 3.05) is 0 Å². The van der Waals surface area contributed by atoms with Crippen molar-refractivity contribution in [1.29, 1.82) is 0 Å². The maximum Gasteiger partial charge on any atom is 0.160 e. The van der Waals surface area contributed by atoms with Crippen molar-refractivity contribution in [2.45, 2.75) is 84.7 Å². The van der Waals surface area contributed by atoms with Crippen molar-refractivity contribution in [3.05, 3.63) is 0 Å². The minimum Gasteiger partial charge on any atom is -0.349 e. The quantitative estimate of drug-likeness (QED) is 0.636. The molecule has 0 amide bonds. The summed E-state index contributed by atoms with van der Waals surface area (Å²) >= 11 is 0. The van der Waals surface area contributed by atoms with Gasteiger partial charge in [0.1, 0.15) is 0 Å². The van der Waals surface area contributed by atoms with Gasteiger partial charge in [0.05, 0.1) is 12.2 Å². The van der Waals surface area contributed by atoms with Crippen LogP contribution in [-0.2, 0) is 9.47 Å². The molecule has 0 saturated carbocycles. The molecule has 0 aromatic rings. The van der Waals surface area contributed by atoms with Crippen LogP contribution in [0.15, 0.2) is 0 Å². The molecule has 0 unspecified atom stereocenters. The molecule has 0 spiro atoms. The van der Waals surface area contributed by atoms with E-state index in [1.807, 2.05) is 0 Å². The van der Waals surface area contributed by atoms with E-state index in [2.05, 4.69) is 27.7 Å². The Bertz CT molecular complexity index is 180. The zero-order chi connectivity index (χ0) is 12.0. The summed E-state index contributed by atoms with van der Waals surface area (Å²) in [6, 6.07) is 0. The molecule has 1 aliphatic heterocycles. The van der Waals surface area contributed by atoms with Gasteiger partial charge in [-0.2, -0.15) is 0 Å². The highest BCUT2D eigenvalue weighted by Gasteiger charge is 2.28. The van der Waals surface area contributed by atoms with Gasteiger partial charge in [-0.1, -0.05) is 46.5 Å². The summed E-state index contributed by atoms with van der Waals surface area (Å²) in [6.07, 6.45) is 8.37. The Labute approximate surface area is 101 Å². The Morgan fingerprint density at radius 2 is 1.88 bits per heavy atom. The number of ether oxygens (including phenoxy) is 2. The number of hydrogen-bond donors (Lipinski definition) is 0. The van der Waals surface area contributed by atoms with Crippen LogP contribution in [0.1, 0.15) is 66.2 Å². The highest BCUT2D eigenvalue weighted by atomic mass is 16.7. The van der Waals surface area contributed by atoms with E-state index in [1.54, 1.807) is 0 Å². The van der Waals surface area contributed by atoms with Crippen molar-refractivity contribution in [1.82, 2.24) is 0 Å². The standard InChI is InChI=1S/C14H28O2/c1-5-6-7-8-9-13-10-12(4)15-14(16-13)11(2)3/h11-14H,5-10H2,1-4H3/t12-,13+,14-/m1/s1. The molecule has 1 aliphatic rings. The maximum absolute atomic E-state index is 5.98. The first-order valence-electron chi connectivity index (χ1n) is 6.94. The molecule has 1 saturated heterocycles. The average Bonchev–Trinajstić information content (AvgIpc) is 2.23. The molecule has 0 radical (unpaired) electrons. The molecule has 1 rings (SSSR count). The first kappa shape index (κ1) is 14.0. The zero-order valence-corrected chi connectivity index (χ0v) is 11.4. The number of unbranched alkanes of at least 4 members (excludes halogenated alkanes) is 3. The minimum atomic E-state index is 0.0138. The Kier molecular flexibility index (Phi) is 6.37. The lowest BCUT2D eigenvalue weighted by atomic mass is 10.0. The van der Waals surface area contributed by atoms with E-state index in [1.165, 1.54) is 32.1 Å². The largest absolute Gasteiger partial charge is 0.349 e. The predicted molar refractivity (Wildman–Crippen MR) is 67.4 cm³/mol. The summed E-state index contributed by atoms with van der Waals surface area (Å²) in [7, 11) is 0. The van der Waals surface area contributed by atoms with Gasteiger partial charge in [0.15, 0.2) is 6.29 Å². The van der Waals surface area contributed by atoms with Crippen LogP contribution < -0.4 is 0 Å². The van der Waals surface area contributed by atoms with Crippen molar-refractivity contribution in [2.24, 2.45) is 5.92 Å². The van der Waals surface area contributed by atoms with Gasteiger partial charge in [-0.25, -0.2) is 0 Å². The summed E-state index contributed by atoms with van der Waals surface area (Å²) in [4.78, 5) is 0. The molecule has 16 heavy (non-hydrogen) atoms. The third kappa shape index (κ3) is 4.84. The van der Waals surface area contributed by atoms with E-state index in [9.17, 15) is 0 Å². The van der Waals surface area contributed by atoms with E-state index in [0.717, 1.165) is 6.42 Å². The second-order valence-electron chi connectivity index (χ2n) is 5.40. The molecule has 96 valence electrons. The molecular formula is C14H28O2. The number of hydrogen-bond acceptors (Lipinski definition) is 2. The molecule has 2 heteroatoms. The van der Waals surface area contributed by atoms with Gasteiger partial charge in [-0.15, -0.1) is 0 Å². The summed E-state index contributed by atoms with van der Waals surface area (Å²) in [5.74, 6) is 0.459. The summed E-state index contributed by atoms with van der Waals surface area (Å²) < 4.78 is 11.8. The van der Waals surface area contributed by atoms with Crippen LogP contribution in [0.3, 0.4) is 0 Å². The zero-order valence-electron chi connectivity index (χ0n) is 11.4. The second-order valence-corrected chi connectivity index (χ2v) is 5.40. The first-order chi connectivity index (χ1) is 7.63. The lowest BCUT2D eigenvalue weighted by Crippen LogP contribution is -2.39. The van der Waals surface area contributed by atoms with Crippen molar-refractivity contribution < 1.29 is 9.47 Å². The normalized spacial score (nSPS) is 30.9. The molecule has 3 atom stereocenters. The summed E-state index contributed by atoms with van der Waals surface area (Å²) in [5, 5.41) is 0. The Balaban J connectivity index is 2.25. The molecule has 0 aliphatic carbocycles. The van der Waals surface area contributed by atoms with Gasteiger partial charge in [0.25, 0.3) is 0 Å². The van der Waals surface area contributed by atoms with Crippen LogP contribution >= 0.6 is 0 Å². The Hall–Kier alpha value is -0.0800. The van der Waals surface area contributed by atoms with Crippen LogP contribution in [0.25, 0.3) is 0 Å². The topological polar surface area (TPSA) is 18.5 Å². The van der Waals surface area contributed by atoms with E-state index >= 15 is 0 Å². The van der Waals surface area contributed by atoms with Gasteiger partial charge in [0, 0.05) is 5.92 Å². The van der Waals surface area contributed by atoms with E-state index in [-0.39, 0.29) is 6.29 Å². The molecule has 2 nitrogen and oxygen atoms in total. The lowest BCUT2D eigenvalue weighted by Gasteiger charge is -2.36. The van der Waals surface area contributed by atoms with Crippen molar-refractivity contribution >= 4 is 0 Å². The van der Waals surface area contributed by atoms with Crippen molar-refractivity contribution in [3.63, 3.8) is 0 Å². The fraction of sp³-hybridized carbons (Fsp3) is 1.00. The maximum atomic E-state index is 5.98. The second kappa shape index (κ2) is 7.29. The molecule has 1 heterocycles. The average molecular weight is 228 g/mol. The Morgan fingerprint density at radius 1 is 1.12 bits per heavy atom. The van der Waals surface area contributed by atoms with E-state index in [0.29, 0.717) is 18.1 Å². The van der Waals surface area contributed by atoms with Crippen LogP contribution in [-0.4, -0.2) is 18.5 Å². The molecule has 0 aromatic carbocycles. The smallest absolute Gasteiger partial charge is 0.160 e. The fourth-order valence-corrected chi connectivity index (χ4v) is 2.23. The molecule has 0 N–H and O–H groups in total. The van der Waals surface area contributed by atoms with Crippen LogP contribution in [0.4, 0.5) is 0 Å². The predicted octanol–water partition coefficient (Wildman–Crippen LogP) is 4.13. The SMILES string of the molecule is CCCCCC[C@H]1C[C@@H](C)O[C@@H](C(C)C)O1. The van der Waals surface area contributed by atoms with Crippen LogP contribution in [0.2, 0.25) is 0 Å². The minimum absolute atomic E-state index is 0.0138. The fourth-order valence-electron chi connectivity index (χ4n) is 2.23. The molecule has 1 fully saturated rings. The number of rotatable bonds is 6. The highest BCUT2D eigenvalue weighted by molar-refractivity contribution is 4.71. The summed E-state index contributed by atoms with van der Waals surface area (Å²) in [5.41, 5.74) is 0. The van der Waals surface area contributed by atoms with Crippen LogP contribution in [0, 0.1) is 5.92 Å². The molecule has 0 bridgehead atoms. The van der Waals surface area contributed by atoms with E-state index in [4.69, 9.17) is 9.47 Å². The highest BCUT2D eigenvalue weighted by Crippen LogP contribution is 2.26. The first-order valence-corrected chi connectivity index (χ1v) is 6.94. The van der Waals surface area contributed by atoms with Gasteiger partial charge in [-0.05, 0) is 19.8 Å².